The smallest absolute Gasteiger partial charge is 0.337 e. The molecule has 6 nitrogen and oxygen atoms in total. The number of hydrogen-bond acceptors (Lipinski definition) is 5. The molecule has 2 saturated heterocycles. The lowest BCUT2D eigenvalue weighted by Gasteiger charge is -2.48. The van der Waals surface area contributed by atoms with Crippen molar-refractivity contribution < 1.29 is 19.1 Å². The Morgan fingerprint density at radius 1 is 1.37 bits per heavy atom. The second kappa shape index (κ2) is 5.83. The van der Waals surface area contributed by atoms with Gasteiger partial charge in [-0.25, -0.2) is 4.79 Å². The van der Waals surface area contributed by atoms with E-state index < -0.39 is 5.41 Å². The Hall–Kier alpha value is -2.34. The van der Waals surface area contributed by atoms with E-state index >= 15 is 0 Å². The summed E-state index contributed by atoms with van der Waals surface area (Å²) in [4.78, 5) is 27.9. The Balaban J connectivity index is 1.55. The summed E-state index contributed by atoms with van der Waals surface area (Å²) >= 11 is 0. The van der Waals surface area contributed by atoms with Gasteiger partial charge in [0.1, 0.15) is 0 Å². The molecule has 4 aliphatic heterocycles. The maximum atomic E-state index is 13.1. The zero-order valence-electron chi connectivity index (χ0n) is 15.6. The van der Waals surface area contributed by atoms with Crippen LogP contribution in [0.3, 0.4) is 0 Å². The molecular formula is C21H24N2O4. The third kappa shape index (κ3) is 2.16. The van der Waals surface area contributed by atoms with E-state index in [1.807, 2.05) is 18.2 Å². The molecule has 4 aliphatic rings. The Morgan fingerprint density at radius 3 is 3.00 bits per heavy atom. The molecule has 6 heteroatoms. The van der Waals surface area contributed by atoms with Crippen LogP contribution >= 0.6 is 0 Å². The minimum Gasteiger partial charge on any atom is -0.497 e. The number of anilines is 1. The number of rotatable bonds is 1. The van der Waals surface area contributed by atoms with E-state index in [0.29, 0.717) is 5.57 Å². The van der Waals surface area contributed by atoms with Gasteiger partial charge in [-0.3, -0.25) is 9.69 Å². The predicted octanol–water partition coefficient (Wildman–Crippen LogP) is 2.06. The molecule has 5 atom stereocenters. The summed E-state index contributed by atoms with van der Waals surface area (Å²) in [6.07, 6.45) is 3.20. The van der Waals surface area contributed by atoms with Gasteiger partial charge in [0, 0.05) is 30.1 Å². The molecule has 0 aromatic heterocycles. The van der Waals surface area contributed by atoms with Crippen molar-refractivity contribution in [2.24, 2.45) is 11.8 Å². The summed E-state index contributed by atoms with van der Waals surface area (Å²) in [6, 6.07) is 8.10. The molecule has 1 aromatic rings. The lowest BCUT2D eigenvalue weighted by Crippen LogP contribution is -2.56. The standard InChI is InChI=1S/C21H24N2O4/c1-12-14-10-23-8-7-21(16-5-3-4-6-17(16)22-20(21)25)18(23)9-13(14)15(11-27-12)19(24)26-2/h3-6,11-14,18H,7-10H2,1-2H3,(H,22,25)/t12-,13+,14-,18+,21+/m1/s1. The highest BCUT2D eigenvalue weighted by molar-refractivity contribution is 6.07. The van der Waals surface area contributed by atoms with Crippen molar-refractivity contribution in [1.29, 1.82) is 0 Å². The van der Waals surface area contributed by atoms with E-state index in [2.05, 4.69) is 23.2 Å². The Bertz CT molecular complexity index is 850. The number of methoxy groups -OCH3 is 1. The predicted molar refractivity (Wildman–Crippen MR) is 99.0 cm³/mol. The summed E-state index contributed by atoms with van der Waals surface area (Å²) in [7, 11) is 1.41. The lowest BCUT2D eigenvalue weighted by atomic mass is 9.66. The van der Waals surface area contributed by atoms with Crippen LogP contribution in [0.1, 0.15) is 25.3 Å². The van der Waals surface area contributed by atoms with Gasteiger partial charge in [0.15, 0.2) is 0 Å². The first kappa shape index (κ1) is 16.8. The highest BCUT2D eigenvalue weighted by atomic mass is 16.5. The largest absolute Gasteiger partial charge is 0.497 e. The zero-order valence-corrected chi connectivity index (χ0v) is 15.6. The van der Waals surface area contributed by atoms with E-state index in [-0.39, 0.29) is 35.9 Å². The van der Waals surface area contributed by atoms with Crippen molar-refractivity contribution in [3.63, 3.8) is 0 Å². The fourth-order valence-corrected chi connectivity index (χ4v) is 5.77. The lowest BCUT2D eigenvalue weighted by molar-refractivity contribution is -0.139. The Labute approximate surface area is 158 Å². The summed E-state index contributed by atoms with van der Waals surface area (Å²) in [6.45, 7) is 3.79. The van der Waals surface area contributed by atoms with Crippen LogP contribution in [0.5, 0.6) is 0 Å². The summed E-state index contributed by atoms with van der Waals surface area (Å²) < 4.78 is 10.8. The highest BCUT2D eigenvalue weighted by Gasteiger charge is 2.61. The average Bonchev–Trinajstić information content (AvgIpc) is 3.20. The molecule has 1 amide bonds. The molecule has 1 N–H and O–H groups in total. The van der Waals surface area contributed by atoms with Gasteiger partial charge >= 0.3 is 5.97 Å². The topological polar surface area (TPSA) is 67.9 Å². The molecule has 0 saturated carbocycles. The molecule has 0 bridgehead atoms. The number of nitrogens with zero attached hydrogens (tertiary/aromatic N) is 1. The van der Waals surface area contributed by atoms with Gasteiger partial charge in [-0.1, -0.05) is 18.2 Å². The van der Waals surface area contributed by atoms with Crippen molar-refractivity contribution in [3.8, 4) is 0 Å². The first-order valence-corrected chi connectivity index (χ1v) is 9.65. The van der Waals surface area contributed by atoms with Crippen LogP contribution in [-0.2, 0) is 24.5 Å². The molecule has 1 aromatic carbocycles. The third-order valence-corrected chi connectivity index (χ3v) is 7.14. The molecule has 27 heavy (non-hydrogen) atoms. The maximum absolute atomic E-state index is 13.1. The number of benzene rings is 1. The molecule has 2 fully saturated rings. The zero-order chi connectivity index (χ0) is 18.8. The molecule has 0 unspecified atom stereocenters. The normalized spacial score (nSPS) is 37.0. The Kier molecular flexibility index (Phi) is 3.63. The first-order chi connectivity index (χ1) is 13.1. The van der Waals surface area contributed by atoms with Crippen LogP contribution in [0.4, 0.5) is 5.69 Å². The number of hydrogen-bond donors (Lipinski definition) is 1. The molecule has 5 rings (SSSR count). The van der Waals surface area contributed by atoms with Crippen LogP contribution in [0.15, 0.2) is 36.1 Å². The second-order valence-electron chi connectivity index (χ2n) is 8.14. The van der Waals surface area contributed by atoms with Crippen LogP contribution in [0, 0.1) is 11.8 Å². The minimum atomic E-state index is -0.523. The second-order valence-corrected chi connectivity index (χ2v) is 8.14. The van der Waals surface area contributed by atoms with Gasteiger partial charge in [0.05, 0.1) is 30.5 Å². The number of nitrogens with one attached hydrogen (secondary N) is 1. The first-order valence-electron chi connectivity index (χ1n) is 9.65. The number of para-hydroxylation sites is 1. The van der Waals surface area contributed by atoms with E-state index in [0.717, 1.165) is 37.2 Å². The van der Waals surface area contributed by atoms with Crippen molar-refractivity contribution in [1.82, 2.24) is 4.90 Å². The minimum absolute atomic E-state index is 0.0468. The highest BCUT2D eigenvalue weighted by Crippen LogP contribution is 2.53. The molecular weight excluding hydrogens is 344 g/mol. The van der Waals surface area contributed by atoms with Crippen LogP contribution in [0.2, 0.25) is 0 Å². The van der Waals surface area contributed by atoms with Gasteiger partial charge in [-0.2, -0.15) is 0 Å². The van der Waals surface area contributed by atoms with Crippen LogP contribution in [-0.4, -0.2) is 49.1 Å². The van der Waals surface area contributed by atoms with Gasteiger partial charge in [0.2, 0.25) is 5.91 Å². The fourth-order valence-electron chi connectivity index (χ4n) is 5.77. The quantitative estimate of drug-likeness (QED) is 0.769. The number of carbonyl (C=O) groups is 2. The molecule has 0 aliphatic carbocycles. The molecule has 4 heterocycles. The van der Waals surface area contributed by atoms with Gasteiger partial charge in [-0.15, -0.1) is 0 Å². The van der Waals surface area contributed by atoms with Crippen molar-refractivity contribution in [2.45, 2.75) is 37.3 Å². The van der Waals surface area contributed by atoms with Crippen molar-refractivity contribution >= 4 is 17.6 Å². The average molecular weight is 368 g/mol. The number of ether oxygens (including phenoxy) is 2. The van der Waals surface area contributed by atoms with E-state index in [4.69, 9.17) is 9.47 Å². The van der Waals surface area contributed by atoms with Gasteiger partial charge in [0.25, 0.3) is 0 Å². The maximum Gasteiger partial charge on any atom is 0.337 e. The van der Waals surface area contributed by atoms with Crippen molar-refractivity contribution in [3.05, 3.63) is 41.7 Å². The number of amides is 1. The van der Waals surface area contributed by atoms with E-state index in [9.17, 15) is 9.59 Å². The van der Waals surface area contributed by atoms with Gasteiger partial charge in [-0.05, 0) is 37.9 Å². The number of fused-ring (bicyclic) bond motifs is 5. The SMILES string of the molecule is COC(=O)C1=CO[C@H](C)[C@H]2CN3CC[C@@]4(C(=O)Nc5ccccc54)[C@@H]3C[C@H]12. The summed E-state index contributed by atoms with van der Waals surface area (Å²) in [5, 5.41) is 3.09. The monoisotopic (exact) mass is 368 g/mol. The number of piperidine rings is 1. The summed E-state index contributed by atoms with van der Waals surface area (Å²) in [5.41, 5.74) is 2.11. The third-order valence-electron chi connectivity index (χ3n) is 7.14. The molecule has 142 valence electrons. The van der Waals surface area contributed by atoms with Gasteiger partial charge < -0.3 is 14.8 Å². The van der Waals surface area contributed by atoms with E-state index in [1.54, 1.807) is 6.26 Å². The molecule has 1 spiro atoms. The number of carbonyl (C=O) groups excluding carboxylic acids is 2. The molecule has 0 radical (unpaired) electrons. The van der Waals surface area contributed by atoms with Crippen LogP contribution < -0.4 is 5.32 Å². The summed E-state index contributed by atoms with van der Waals surface area (Å²) in [5.74, 6) is 0.0558. The van der Waals surface area contributed by atoms with Crippen LogP contribution in [0.25, 0.3) is 0 Å². The fraction of sp³-hybridized carbons (Fsp3) is 0.524. The number of esters is 1. The Morgan fingerprint density at radius 2 is 2.19 bits per heavy atom. The van der Waals surface area contributed by atoms with E-state index in [1.165, 1.54) is 7.11 Å². The van der Waals surface area contributed by atoms with Crippen molar-refractivity contribution in [2.75, 3.05) is 25.5 Å².